The van der Waals surface area contributed by atoms with Crippen molar-refractivity contribution < 1.29 is 18.3 Å². The van der Waals surface area contributed by atoms with Crippen molar-refractivity contribution >= 4 is 17.3 Å². The summed E-state index contributed by atoms with van der Waals surface area (Å²) in [4.78, 5) is 12.0. The van der Waals surface area contributed by atoms with Crippen molar-refractivity contribution in [2.24, 2.45) is 0 Å². The molecule has 0 radical (unpaired) electrons. The molecule has 0 saturated heterocycles. The molecule has 0 heterocycles. The third-order valence-electron chi connectivity index (χ3n) is 2.75. The molecule has 21 heavy (non-hydrogen) atoms. The van der Waals surface area contributed by atoms with Crippen molar-refractivity contribution in [1.29, 1.82) is 0 Å². The van der Waals surface area contributed by atoms with E-state index in [1.54, 1.807) is 6.07 Å². The molecule has 0 aliphatic carbocycles. The van der Waals surface area contributed by atoms with Gasteiger partial charge >= 0.3 is 0 Å². The number of nitrogen functional groups attached to an aromatic ring is 1. The van der Waals surface area contributed by atoms with Gasteiger partial charge in [-0.2, -0.15) is 0 Å². The Kier molecular flexibility index (Phi) is 4.37. The van der Waals surface area contributed by atoms with Crippen LogP contribution in [0.1, 0.15) is 17.3 Å². The van der Waals surface area contributed by atoms with Crippen LogP contribution in [-0.4, -0.2) is 12.5 Å². The van der Waals surface area contributed by atoms with Crippen LogP contribution >= 0.6 is 0 Å². The maximum Gasteiger partial charge on any atom is 0.255 e. The van der Waals surface area contributed by atoms with Crippen molar-refractivity contribution in [1.82, 2.24) is 0 Å². The molecule has 2 rings (SSSR count). The number of hydrogen-bond donors (Lipinski definition) is 2. The molecule has 0 atom stereocenters. The van der Waals surface area contributed by atoms with Crippen molar-refractivity contribution in [3.8, 4) is 5.75 Å². The molecule has 0 bridgehead atoms. The minimum atomic E-state index is -0.845. The molecule has 0 aliphatic rings. The minimum absolute atomic E-state index is 0.103. The van der Waals surface area contributed by atoms with E-state index in [-0.39, 0.29) is 11.3 Å². The fourth-order valence-corrected chi connectivity index (χ4v) is 1.76. The molecule has 0 fully saturated rings. The SMILES string of the molecule is CCOc1ccc(C(=O)Nc2ccc(F)cc2F)cc1N. The second kappa shape index (κ2) is 6.21. The van der Waals surface area contributed by atoms with Gasteiger partial charge in [-0.15, -0.1) is 0 Å². The quantitative estimate of drug-likeness (QED) is 0.851. The van der Waals surface area contributed by atoms with Crippen molar-refractivity contribution in [2.75, 3.05) is 17.7 Å². The Morgan fingerprint density at radius 3 is 2.62 bits per heavy atom. The molecule has 2 aromatic carbocycles. The number of carbonyl (C=O) groups excluding carboxylic acids is 1. The summed E-state index contributed by atoms with van der Waals surface area (Å²) in [5.74, 6) is -1.63. The number of hydrogen-bond acceptors (Lipinski definition) is 3. The zero-order valence-electron chi connectivity index (χ0n) is 11.3. The van der Waals surface area contributed by atoms with Gasteiger partial charge in [0.05, 0.1) is 18.0 Å². The number of nitrogens with two attached hydrogens (primary N) is 1. The molecule has 2 aromatic rings. The Bertz CT molecular complexity index is 675. The van der Waals surface area contributed by atoms with Crippen LogP contribution in [0.2, 0.25) is 0 Å². The summed E-state index contributed by atoms with van der Waals surface area (Å²) < 4.78 is 31.5. The molecular weight excluding hydrogens is 278 g/mol. The summed E-state index contributed by atoms with van der Waals surface area (Å²) in [6.07, 6.45) is 0. The number of ether oxygens (including phenoxy) is 1. The van der Waals surface area contributed by atoms with Gasteiger partial charge in [0.1, 0.15) is 17.4 Å². The third-order valence-corrected chi connectivity index (χ3v) is 2.75. The summed E-state index contributed by atoms with van der Waals surface area (Å²) in [7, 11) is 0. The molecule has 0 aromatic heterocycles. The highest BCUT2D eigenvalue weighted by atomic mass is 19.1. The van der Waals surface area contributed by atoms with Gasteiger partial charge in [0.25, 0.3) is 5.91 Å². The number of anilines is 2. The van der Waals surface area contributed by atoms with Gasteiger partial charge in [0, 0.05) is 11.6 Å². The van der Waals surface area contributed by atoms with E-state index in [1.165, 1.54) is 12.1 Å². The van der Waals surface area contributed by atoms with Gasteiger partial charge in [0.15, 0.2) is 0 Å². The lowest BCUT2D eigenvalue weighted by Crippen LogP contribution is -2.13. The van der Waals surface area contributed by atoms with E-state index in [0.717, 1.165) is 12.1 Å². The number of benzene rings is 2. The molecule has 0 unspecified atom stereocenters. The maximum atomic E-state index is 13.5. The molecule has 0 spiro atoms. The Morgan fingerprint density at radius 2 is 2.00 bits per heavy atom. The second-order valence-corrected chi connectivity index (χ2v) is 4.26. The Balaban J connectivity index is 2.18. The summed E-state index contributed by atoms with van der Waals surface area (Å²) in [6, 6.07) is 7.42. The lowest BCUT2D eigenvalue weighted by Gasteiger charge is -2.10. The first-order valence-corrected chi connectivity index (χ1v) is 6.30. The van der Waals surface area contributed by atoms with E-state index >= 15 is 0 Å². The van der Waals surface area contributed by atoms with Gasteiger partial charge in [-0.05, 0) is 37.3 Å². The molecule has 110 valence electrons. The van der Waals surface area contributed by atoms with Crippen LogP contribution in [0.5, 0.6) is 5.75 Å². The summed E-state index contributed by atoms with van der Waals surface area (Å²) in [5.41, 5.74) is 6.22. The zero-order chi connectivity index (χ0) is 15.4. The number of rotatable bonds is 4. The van der Waals surface area contributed by atoms with Crippen LogP contribution in [0.15, 0.2) is 36.4 Å². The summed E-state index contributed by atoms with van der Waals surface area (Å²) in [6.45, 7) is 2.27. The normalized spacial score (nSPS) is 10.2. The van der Waals surface area contributed by atoms with E-state index in [1.807, 2.05) is 6.92 Å². The largest absolute Gasteiger partial charge is 0.492 e. The maximum absolute atomic E-state index is 13.5. The minimum Gasteiger partial charge on any atom is -0.492 e. The predicted molar refractivity (Wildman–Crippen MR) is 76.3 cm³/mol. The lowest BCUT2D eigenvalue weighted by molar-refractivity contribution is 0.102. The first-order chi connectivity index (χ1) is 10.0. The lowest BCUT2D eigenvalue weighted by atomic mass is 10.1. The average Bonchev–Trinajstić information content (AvgIpc) is 2.44. The molecule has 3 N–H and O–H groups in total. The van der Waals surface area contributed by atoms with E-state index in [2.05, 4.69) is 5.32 Å². The van der Waals surface area contributed by atoms with Crippen LogP contribution in [0.3, 0.4) is 0 Å². The summed E-state index contributed by atoms with van der Waals surface area (Å²) >= 11 is 0. The second-order valence-electron chi connectivity index (χ2n) is 4.26. The Morgan fingerprint density at radius 1 is 1.24 bits per heavy atom. The van der Waals surface area contributed by atoms with Gasteiger partial charge in [-0.1, -0.05) is 0 Å². The number of halogens is 2. The van der Waals surface area contributed by atoms with Crippen LogP contribution in [0.25, 0.3) is 0 Å². The molecule has 4 nitrogen and oxygen atoms in total. The van der Waals surface area contributed by atoms with Crippen LogP contribution < -0.4 is 15.8 Å². The van der Waals surface area contributed by atoms with Gasteiger partial charge in [-0.25, -0.2) is 8.78 Å². The topological polar surface area (TPSA) is 64.3 Å². The Labute approximate surface area is 120 Å². The average molecular weight is 292 g/mol. The molecule has 0 aliphatic heterocycles. The van der Waals surface area contributed by atoms with Crippen molar-refractivity contribution in [2.45, 2.75) is 6.92 Å². The van der Waals surface area contributed by atoms with E-state index < -0.39 is 17.5 Å². The first kappa shape index (κ1) is 14.8. The van der Waals surface area contributed by atoms with E-state index in [9.17, 15) is 13.6 Å². The fraction of sp³-hybridized carbons (Fsp3) is 0.133. The molecule has 0 saturated carbocycles. The van der Waals surface area contributed by atoms with Crippen molar-refractivity contribution in [3.05, 3.63) is 53.6 Å². The van der Waals surface area contributed by atoms with Gasteiger partial charge in [-0.3, -0.25) is 4.79 Å². The van der Waals surface area contributed by atoms with Gasteiger partial charge < -0.3 is 15.8 Å². The molecule has 1 amide bonds. The van der Waals surface area contributed by atoms with E-state index in [0.29, 0.717) is 24.1 Å². The standard InChI is InChI=1S/C15H14F2N2O2/c1-2-21-14-6-3-9(7-12(14)18)15(20)19-13-5-4-10(16)8-11(13)17/h3-8H,2,18H2,1H3,(H,19,20). The monoisotopic (exact) mass is 292 g/mol. The van der Waals surface area contributed by atoms with Crippen LogP contribution in [0.4, 0.5) is 20.2 Å². The highest BCUT2D eigenvalue weighted by Crippen LogP contribution is 2.23. The third kappa shape index (κ3) is 3.47. The highest BCUT2D eigenvalue weighted by Gasteiger charge is 2.12. The number of carbonyl (C=O) groups is 1. The molecule has 6 heteroatoms. The first-order valence-electron chi connectivity index (χ1n) is 6.30. The highest BCUT2D eigenvalue weighted by molar-refractivity contribution is 6.05. The van der Waals surface area contributed by atoms with Crippen molar-refractivity contribution in [3.63, 3.8) is 0 Å². The predicted octanol–water partition coefficient (Wildman–Crippen LogP) is 3.20. The fourth-order valence-electron chi connectivity index (χ4n) is 1.76. The molecular formula is C15H14F2N2O2. The van der Waals surface area contributed by atoms with Crippen LogP contribution in [0, 0.1) is 11.6 Å². The zero-order valence-corrected chi connectivity index (χ0v) is 11.3. The smallest absolute Gasteiger partial charge is 0.255 e. The van der Waals surface area contributed by atoms with Gasteiger partial charge in [0.2, 0.25) is 0 Å². The van der Waals surface area contributed by atoms with E-state index in [4.69, 9.17) is 10.5 Å². The van der Waals surface area contributed by atoms with Crippen LogP contribution in [-0.2, 0) is 0 Å². The number of amides is 1. The Hall–Kier alpha value is -2.63. The summed E-state index contributed by atoms with van der Waals surface area (Å²) in [5, 5.41) is 2.36. The number of nitrogens with one attached hydrogen (secondary N) is 1.